The Morgan fingerprint density at radius 3 is 2.80 bits per heavy atom. The van der Waals surface area contributed by atoms with Gasteiger partial charge in [0.15, 0.2) is 9.84 Å². The van der Waals surface area contributed by atoms with Crippen molar-refractivity contribution in [3.05, 3.63) is 35.1 Å². The molecule has 3 N–H and O–H groups in total. The number of halogens is 1. The highest BCUT2D eigenvalue weighted by molar-refractivity contribution is 7.91. The lowest BCUT2D eigenvalue weighted by Crippen LogP contribution is -2.27. The standard InChI is InChI=1S/C13H18FN3O2S/c14-12-10(3-1-4-11(12)13(15)16)9-17-5-2-7-20(18,19)8-6-17/h1,3-4H,2,5-9H2,(H3,15,16). The van der Waals surface area contributed by atoms with Crippen molar-refractivity contribution in [1.29, 1.82) is 5.41 Å². The lowest BCUT2D eigenvalue weighted by molar-refractivity contribution is 0.283. The van der Waals surface area contributed by atoms with Gasteiger partial charge in [0.05, 0.1) is 17.1 Å². The number of nitrogens with zero attached hydrogens (tertiary/aromatic N) is 1. The van der Waals surface area contributed by atoms with Gasteiger partial charge >= 0.3 is 0 Å². The van der Waals surface area contributed by atoms with Crippen LogP contribution in [-0.2, 0) is 16.4 Å². The van der Waals surface area contributed by atoms with Gasteiger partial charge in [-0.2, -0.15) is 0 Å². The second-order valence-electron chi connectivity index (χ2n) is 4.97. The number of hydrogen-bond acceptors (Lipinski definition) is 4. The predicted octanol–water partition coefficient (Wildman–Crippen LogP) is 0.730. The van der Waals surface area contributed by atoms with Crippen LogP contribution in [0.15, 0.2) is 18.2 Å². The molecule has 1 fully saturated rings. The van der Waals surface area contributed by atoms with Gasteiger partial charge in [0.2, 0.25) is 0 Å². The molecule has 0 aliphatic carbocycles. The van der Waals surface area contributed by atoms with Gasteiger partial charge in [-0.3, -0.25) is 10.3 Å². The smallest absolute Gasteiger partial charge is 0.151 e. The van der Waals surface area contributed by atoms with Crippen LogP contribution < -0.4 is 5.73 Å². The van der Waals surface area contributed by atoms with Gasteiger partial charge in [0.1, 0.15) is 11.7 Å². The fourth-order valence-electron chi connectivity index (χ4n) is 2.30. The first-order chi connectivity index (χ1) is 9.39. The van der Waals surface area contributed by atoms with Gasteiger partial charge < -0.3 is 5.73 Å². The van der Waals surface area contributed by atoms with Gasteiger partial charge in [-0.25, -0.2) is 12.8 Å². The summed E-state index contributed by atoms with van der Waals surface area (Å²) >= 11 is 0. The van der Waals surface area contributed by atoms with E-state index in [-0.39, 0.29) is 22.9 Å². The minimum atomic E-state index is -2.97. The Morgan fingerprint density at radius 1 is 1.35 bits per heavy atom. The zero-order valence-electron chi connectivity index (χ0n) is 11.1. The van der Waals surface area contributed by atoms with Crippen LogP contribution in [0, 0.1) is 11.2 Å². The summed E-state index contributed by atoms with van der Waals surface area (Å²) in [6.45, 7) is 1.37. The molecule has 5 nitrogen and oxygen atoms in total. The highest BCUT2D eigenvalue weighted by atomic mass is 32.2. The molecule has 1 aliphatic heterocycles. The fourth-order valence-corrected chi connectivity index (χ4v) is 3.61. The molecule has 1 heterocycles. The van der Waals surface area contributed by atoms with E-state index in [2.05, 4.69) is 0 Å². The molecule has 7 heteroatoms. The molecule has 0 unspecified atom stereocenters. The Labute approximate surface area is 118 Å². The Hall–Kier alpha value is -1.47. The number of hydrogen-bond donors (Lipinski definition) is 2. The van der Waals surface area contributed by atoms with Crippen LogP contribution in [0.1, 0.15) is 17.5 Å². The third-order valence-corrected chi connectivity index (χ3v) is 5.13. The minimum absolute atomic E-state index is 0.0879. The van der Waals surface area contributed by atoms with Gasteiger partial charge in [-0.15, -0.1) is 0 Å². The summed E-state index contributed by atoms with van der Waals surface area (Å²) in [6, 6.07) is 4.76. The zero-order valence-corrected chi connectivity index (χ0v) is 11.9. The molecule has 2 rings (SSSR count). The maximum atomic E-state index is 14.2. The van der Waals surface area contributed by atoms with Crippen molar-refractivity contribution in [2.75, 3.05) is 24.6 Å². The molecule has 0 amide bonds. The van der Waals surface area contributed by atoms with Crippen molar-refractivity contribution >= 4 is 15.7 Å². The molecule has 0 bridgehead atoms. The van der Waals surface area contributed by atoms with Crippen LogP contribution in [0.25, 0.3) is 0 Å². The van der Waals surface area contributed by atoms with E-state index in [0.717, 1.165) is 0 Å². The van der Waals surface area contributed by atoms with E-state index in [1.807, 2.05) is 4.90 Å². The Kier molecular flexibility index (Phi) is 4.39. The summed E-state index contributed by atoms with van der Waals surface area (Å²) in [5.41, 5.74) is 5.86. The second kappa shape index (κ2) is 5.88. The molecule has 110 valence electrons. The lowest BCUT2D eigenvalue weighted by Gasteiger charge is -2.20. The van der Waals surface area contributed by atoms with E-state index in [1.165, 1.54) is 6.07 Å². The molecular weight excluding hydrogens is 281 g/mol. The summed E-state index contributed by atoms with van der Waals surface area (Å²) in [6.07, 6.45) is 0.566. The maximum absolute atomic E-state index is 14.2. The molecule has 1 aromatic carbocycles. The molecule has 0 saturated carbocycles. The van der Waals surface area contributed by atoms with Crippen LogP contribution >= 0.6 is 0 Å². The van der Waals surface area contributed by atoms with E-state index in [4.69, 9.17) is 11.1 Å². The van der Waals surface area contributed by atoms with Gasteiger partial charge in [0.25, 0.3) is 0 Å². The summed E-state index contributed by atoms with van der Waals surface area (Å²) in [7, 11) is -2.97. The van der Waals surface area contributed by atoms with E-state index in [1.54, 1.807) is 12.1 Å². The Bertz CT molecular complexity index is 616. The van der Waals surface area contributed by atoms with Crippen molar-refractivity contribution in [3.63, 3.8) is 0 Å². The first-order valence-corrected chi connectivity index (χ1v) is 8.26. The van der Waals surface area contributed by atoms with E-state index >= 15 is 0 Å². The number of benzene rings is 1. The number of rotatable bonds is 3. The van der Waals surface area contributed by atoms with E-state index in [0.29, 0.717) is 31.6 Å². The summed E-state index contributed by atoms with van der Waals surface area (Å²) in [4.78, 5) is 1.92. The zero-order chi connectivity index (χ0) is 14.8. The van der Waals surface area contributed by atoms with Crippen molar-refractivity contribution in [3.8, 4) is 0 Å². The lowest BCUT2D eigenvalue weighted by atomic mass is 10.1. The van der Waals surface area contributed by atoms with Crippen molar-refractivity contribution in [2.24, 2.45) is 5.73 Å². The third kappa shape index (κ3) is 3.55. The molecular formula is C13H18FN3O2S. The number of amidine groups is 1. The van der Waals surface area contributed by atoms with Gasteiger partial charge in [-0.1, -0.05) is 12.1 Å². The molecule has 1 saturated heterocycles. The molecule has 0 spiro atoms. The van der Waals surface area contributed by atoms with Crippen LogP contribution in [0.2, 0.25) is 0 Å². The molecule has 1 aliphatic rings. The highest BCUT2D eigenvalue weighted by Crippen LogP contribution is 2.16. The minimum Gasteiger partial charge on any atom is -0.384 e. The van der Waals surface area contributed by atoms with Gasteiger partial charge in [0, 0.05) is 18.7 Å². The van der Waals surface area contributed by atoms with Gasteiger partial charge in [-0.05, 0) is 19.0 Å². The van der Waals surface area contributed by atoms with Crippen molar-refractivity contribution in [1.82, 2.24) is 4.90 Å². The average molecular weight is 299 g/mol. The normalized spacial score (nSPS) is 19.4. The molecule has 20 heavy (non-hydrogen) atoms. The third-order valence-electron chi connectivity index (χ3n) is 3.41. The first kappa shape index (κ1) is 14.9. The first-order valence-electron chi connectivity index (χ1n) is 6.43. The largest absolute Gasteiger partial charge is 0.384 e. The summed E-state index contributed by atoms with van der Waals surface area (Å²) in [5.74, 6) is -0.490. The fraction of sp³-hybridized carbons (Fsp3) is 0.462. The number of nitrogens with one attached hydrogen (secondary N) is 1. The number of nitrogens with two attached hydrogens (primary N) is 1. The number of sulfone groups is 1. The Morgan fingerprint density at radius 2 is 2.10 bits per heavy atom. The monoisotopic (exact) mass is 299 g/mol. The van der Waals surface area contributed by atoms with E-state index < -0.39 is 15.7 Å². The van der Waals surface area contributed by atoms with E-state index in [9.17, 15) is 12.8 Å². The van der Waals surface area contributed by atoms with Crippen LogP contribution in [0.4, 0.5) is 4.39 Å². The second-order valence-corrected chi connectivity index (χ2v) is 7.28. The Balaban J connectivity index is 2.14. The summed E-state index contributed by atoms with van der Waals surface area (Å²) < 4.78 is 37.2. The molecule has 0 radical (unpaired) electrons. The summed E-state index contributed by atoms with van der Waals surface area (Å²) in [5, 5.41) is 7.32. The molecule has 0 atom stereocenters. The highest BCUT2D eigenvalue weighted by Gasteiger charge is 2.20. The predicted molar refractivity (Wildman–Crippen MR) is 76.0 cm³/mol. The van der Waals surface area contributed by atoms with Crippen LogP contribution in [0.3, 0.4) is 0 Å². The molecule has 0 aromatic heterocycles. The quantitative estimate of drug-likeness (QED) is 0.636. The van der Waals surface area contributed by atoms with Crippen LogP contribution in [0.5, 0.6) is 0 Å². The number of nitrogen functional groups attached to an aromatic ring is 1. The average Bonchev–Trinajstić information content (AvgIpc) is 2.53. The SMILES string of the molecule is N=C(N)c1cccc(CN2CCCS(=O)(=O)CC2)c1F. The van der Waals surface area contributed by atoms with Crippen molar-refractivity contribution < 1.29 is 12.8 Å². The topological polar surface area (TPSA) is 87.2 Å². The maximum Gasteiger partial charge on any atom is 0.151 e. The molecule has 1 aromatic rings. The van der Waals surface area contributed by atoms with Crippen molar-refractivity contribution in [2.45, 2.75) is 13.0 Å². The van der Waals surface area contributed by atoms with Crippen LogP contribution in [-0.4, -0.2) is 43.7 Å².